The average Bonchev–Trinajstić information content (AvgIpc) is 2.65. The Morgan fingerprint density at radius 1 is 1.35 bits per heavy atom. The van der Waals surface area contributed by atoms with Crippen molar-refractivity contribution in [2.24, 2.45) is 23.7 Å². The Kier molecular flexibility index (Phi) is 9.92. The maximum Gasteiger partial charge on any atom is 1.00 e. The summed E-state index contributed by atoms with van der Waals surface area (Å²) in [6.07, 6.45) is 2.36. The van der Waals surface area contributed by atoms with Crippen molar-refractivity contribution in [3.63, 3.8) is 0 Å². The zero-order valence-electron chi connectivity index (χ0n) is 21.6. The number of hydrogen-bond acceptors (Lipinski definition) is 7. The summed E-state index contributed by atoms with van der Waals surface area (Å²) in [5.41, 5.74) is 0.808. The normalized spacial score (nSPS) is 32.1. The van der Waals surface area contributed by atoms with E-state index in [1.165, 1.54) is 0 Å². The molecule has 8 atom stereocenters. The Labute approximate surface area is 211 Å². The van der Waals surface area contributed by atoms with Gasteiger partial charge in [-0.2, -0.15) is 0 Å². The molecule has 0 aromatic heterocycles. The van der Waals surface area contributed by atoms with Crippen LogP contribution in [0.3, 0.4) is 0 Å². The predicted octanol–water partition coefficient (Wildman–Crippen LogP) is -1.89. The van der Waals surface area contributed by atoms with E-state index >= 15 is 0 Å². The Morgan fingerprint density at radius 2 is 2.06 bits per heavy atom. The molecule has 0 heterocycles. The Bertz CT molecular complexity index is 755. The molecule has 0 aromatic carbocycles. The fourth-order valence-corrected chi connectivity index (χ4v) is 4.48. The fraction of sp³-hybridized carbons (Fsp3) is 0.739. The maximum absolute atomic E-state index is 12.7. The standard InChI is InChI=1S/C23H36O7.Na/c1-4-13(2)23(29)30-20-11-17(25)9-15-6-5-14(3)19(22(15)20)8-7-16(24)10-18(26)12-21(27)28;/h5-6,9,13-14,16-20,22,24-26H,4,7-8,10-12H2,1-3H3,(H,27,28);/q;+1/p-1/t13-,14-,16+,17+,18+,19-,20-,22-;/m0./s1/i2+1D3;. The molecule has 0 radical (unpaired) electrons. The summed E-state index contributed by atoms with van der Waals surface area (Å²) in [6.45, 7) is 1.13. The first kappa shape index (κ1) is 23.5. The third-order valence-electron chi connectivity index (χ3n) is 6.11. The Hall–Kier alpha value is -0.700. The van der Waals surface area contributed by atoms with Gasteiger partial charge in [-0.1, -0.05) is 38.9 Å². The molecule has 31 heavy (non-hydrogen) atoms. The van der Waals surface area contributed by atoms with Gasteiger partial charge in [-0.05, 0) is 43.1 Å². The molecule has 0 saturated heterocycles. The molecule has 170 valence electrons. The van der Waals surface area contributed by atoms with Gasteiger partial charge in [0.1, 0.15) is 6.10 Å². The van der Waals surface area contributed by atoms with E-state index in [4.69, 9.17) is 8.85 Å². The second-order valence-electron chi connectivity index (χ2n) is 8.51. The minimum absolute atomic E-state index is 0. The van der Waals surface area contributed by atoms with Gasteiger partial charge in [-0.3, -0.25) is 4.79 Å². The quantitative estimate of drug-likeness (QED) is 0.202. The van der Waals surface area contributed by atoms with E-state index in [0.717, 1.165) is 5.57 Å². The molecule has 3 N–H and O–H groups in total. The number of hydrogen-bond donors (Lipinski definition) is 3. The molecule has 7 nitrogen and oxygen atoms in total. The van der Waals surface area contributed by atoms with E-state index in [-0.39, 0.29) is 66.6 Å². The van der Waals surface area contributed by atoms with Crippen molar-refractivity contribution in [3.8, 4) is 0 Å². The second kappa shape index (κ2) is 13.1. The van der Waals surface area contributed by atoms with Gasteiger partial charge in [0, 0.05) is 28.8 Å². The van der Waals surface area contributed by atoms with Crippen LogP contribution in [0.5, 0.6) is 0 Å². The van der Waals surface area contributed by atoms with Crippen LogP contribution >= 0.6 is 0 Å². The summed E-state index contributed by atoms with van der Waals surface area (Å²) < 4.78 is 28.5. The molecule has 0 aromatic rings. The van der Waals surface area contributed by atoms with Gasteiger partial charge >= 0.3 is 35.5 Å². The first-order chi connectivity index (χ1) is 15.3. The third-order valence-corrected chi connectivity index (χ3v) is 6.11. The molecule has 0 saturated carbocycles. The summed E-state index contributed by atoms with van der Waals surface area (Å²) in [5.74, 6) is -3.70. The largest absolute Gasteiger partial charge is 1.00 e. The molecule has 8 heteroatoms. The van der Waals surface area contributed by atoms with Gasteiger partial charge in [0.15, 0.2) is 0 Å². The van der Waals surface area contributed by atoms with Crippen LogP contribution in [-0.2, 0) is 14.3 Å². The van der Waals surface area contributed by atoms with Gasteiger partial charge < -0.3 is 30.0 Å². The monoisotopic (exact) mass is 450 g/mol. The van der Waals surface area contributed by atoms with E-state index in [1.807, 2.05) is 19.1 Å². The molecule has 2 rings (SSSR count). The number of carbonyl (C=O) groups excluding carboxylic acids is 2. The number of carboxylic acid groups (broad SMARTS) is 1. The number of carbonyl (C=O) groups is 2. The number of carboxylic acids is 1. The van der Waals surface area contributed by atoms with Gasteiger partial charge in [0.05, 0.1) is 24.2 Å². The van der Waals surface area contributed by atoms with E-state index < -0.39 is 55.5 Å². The van der Waals surface area contributed by atoms with Gasteiger partial charge in [-0.25, -0.2) is 0 Å². The molecule has 0 aliphatic heterocycles. The predicted molar refractivity (Wildman–Crippen MR) is 109 cm³/mol. The minimum Gasteiger partial charge on any atom is -0.550 e. The van der Waals surface area contributed by atoms with Gasteiger partial charge in [-0.15, -0.1) is 0 Å². The molecule has 2 aliphatic rings. The van der Waals surface area contributed by atoms with Crippen molar-refractivity contribution in [1.82, 2.24) is 0 Å². The summed E-state index contributed by atoms with van der Waals surface area (Å²) in [5, 5.41) is 41.0. The Morgan fingerprint density at radius 3 is 2.68 bits per heavy atom. The Balaban J connectivity index is 0.00000578. The SMILES string of the molecule is [2H][13C]([2H])([2H])[C@@H](CC)C(=O)O[C@H]1C[C@H](O)C=C2C=C[C@H](C)[C@H](CC[C@@H](O)C[C@@H](O)CC(=O)[O-])[C@H]21.[Na+]. The number of aliphatic hydroxyl groups excluding tert-OH is 3. The van der Waals surface area contributed by atoms with Crippen molar-refractivity contribution in [3.05, 3.63) is 23.8 Å². The topological polar surface area (TPSA) is 127 Å². The molecule has 0 fully saturated rings. The van der Waals surface area contributed by atoms with Crippen LogP contribution in [0.25, 0.3) is 0 Å². The van der Waals surface area contributed by atoms with Crippen LogP contribution in [0.1, 0.15) is 63.3 Å². The van der Waals surface area contributed by atoms with Crippen molar-refractivity contribution < 1.29 is 68.4 Å². The van der Waals surface area contributed by atoms with Crippen molar-refractivity contribution in [2.45, 2.75) is 83.6 Å². The number of aliphatic hydroxyl groups is 3. The minimum atomic E-state index is -2.48. The zero-order valence-corrected chi connectivity index (χ0v) is 20.6. The van der Waals surface area contributed by atoms with E-state index in [0.29, 0.717) is 12.8 Å². The summed E-state index contributed by atoms with van der Waals surface area (Å²) in [7, 11) is 0. The smallest absolute Gasteiger partial charge is 0.550 e. The number of ether oxygens (including phenoxy) is 1. The fourth-order valence-electron chi connectivity index (χ4n) is 4.48. The maximum atomic E-state index is 12.7. The second-order valence-corrected chi connectivity index (χ2v) is 8.51. The first-order valence-electron chi connectivity index (χ1n) is 12.2. The number of aliphatic carboxylic acids is 1. The van der Waals surface area contributed by atoms with Crippen LogP contribution in [-0.4, -0.2) is 51.7 Å². The molecule has 0 spiro atoms. The number of fused-ring (bicyclic) bond motifs is 1. The van der Waals surface area contributed by atoms with Gasteiger partial charge in [0.2, 0.25) is 0 Å². The van der Waals surface area contributed by atoms with Crippen LogP contribution in [0, 0.1) is 23.7 Å². The van der Waals surface area contributed by atoms with Crippen molar-refractivity contribution in [1.29, 1.82) is 0 Å². The first-order valence-corrected chi connectivity index (χ1v) is 10.7. The van der Waals surface area contributed by atoms with Crippen LogP contribution < -0.4 is 34.7 Å². The molecule has 2 aliphatic carbocycles. The van der Waals surface area contributed by atoms with E-state index in [2.05, 4.69) is 0 Å². The number of rotatable bonds is 10. The van der Waals surface area contributed by atoms with Gasteiger partial charge in [0.25, 0.3) is 0 Å². The van der Waals surface area contributed by atoms with Crippen molar-refractivity contribution in [2.75, 3.05) is 0 Å². The zero-order chi connectivity index (χ0) is 24.9. The van der Waals surface area contributed by atoms with Crippen LogP contribution in [0.15, 0.2) is 23.8 Å². The summed E-state index contributed by atoms with van der Waals surface area (Å²) in [6, 6.07) is 0. The van der Waals surface area contributed by atoms with Crippen LogP contribution in [0.4, 0.5) is 0 Å². The average molecular weight is 451 g/mol. The third kappa shape index (κ3) is 8.30. The van der Waals surface area contributed by atoms with Crippen LogP contribution in [0.2, 0.25) is 0 Å². The number of esters is 1. The molecule has 0 amide bonds. The van der Waals surface area contributed by atoms with Crippen molar-refractivity contribution >= 4 is 11.9 Å². The summed E-state index contributed by atoms with van der Waals surface area (Å²) >= 11 is 0. The molecule has 0 unspecified atom stereocenters. The molecule has 0 bridgehead atoms. The molecular formula is C23H35NaO7. The van der Waals surface area contributed by atoms with E-state index in [1.54, 1.807) is 13.0 Å². The number of allylic oxidation sites excluding steroid dienone is 2. The molecular weight excluding hydrogens is 412 g/mol. The van der Waals surface area contributed by atoms with E-state index in [9.17, 15) is 30.0 Å². The summed E-state index contributed by atoms with van der Waals surface area (Å²) in [4.78, 5) is 23.3.